The number of carbonyl (C=O) groups is 1. The average Bonchev–Trinajstić information content (AvgIpc) is 3.16. The Balaban J connectivity index is 1.61. The van der Waals surface area contributed by atoms with Crippen LogP contribution in [-0.2, 0) is 6.61 Å². The van der Waals surface area contributed by atoms with Gasteiger partial charge >= 0.3 is 0 Å². The summed E-state index contributed by atoms with van der Waals surface area (Å²) < 4.78 is 5.94. The van der Waals surface area contributed by atoms with E-state index in [1.54, 1.807) is 5.38 Å². The van der Waals surface area contributed by atoms with Crippen LogP contribution in [0.2, 0.25) is 0 Å². The molecular formula is C22H24N2O2S. The monoisotopic (exact) mass is 380 g/mol. The van der Waals surface area contributed by atoms with Crippen molar-refractivity contribution in [2.45, 2.75) is 39.3 Å². The van der Waals surface area contributed by atoms with E-state index in [0.717, 1.165) is 16.3 Å². The Morgan fingerprint density at radius 3 is 2.52 bits per heavy atom. The fourth-order valence-electron chi connectivity index (χ4n) is 2.81. The molecule has 3 aromatic rings. The lowest BCUT2D eigenvalue weighted by Crippen LogP contribution is -2.26. The van der Waals surface area contributed by atoms with Crippen LogP contribution in [0.5, 0.6) is 5.75 Å². The number of amides is 1. The van der Waals surface area contributed by atoms with Crippen molar-refractivity contribution in [1.29, 1.82) is 0 Å². The zero-order valence-corrected chi connectivity index (χ0v) is 16.6. The van der Waals surface area contributed by atoms with Crippen molar-refractivity contribution in [3.05, 3.63) is 81.8 Å². The van der Waals surface area contributed by atoms with E-state index in [1.807, 2.05) is 55.5 Å². The molecule has 2 aromatic carbocycles. The quantitative estimate of drug-likeness (QED) is 0.602. The first-order chi connectivity index (χ1) is 13.0. The van der Waals surface area contributed by atoms with Crippen molar-refractivity contribution < 1.29 is 9.53 Å². The molecule has 1 unspecified atom stereocenters. The highest BCUT2D eigenvalue weighted by atomic mass is 32.1. The third kappa shape index (κ3) is 4.95. The number of carbonyl (C=O) groups excluding carboxylic acids is 1. The molecule has 4 nitrogen and oxygen atoms in total. The molecule has 0 radical (unpaired) electrons. The molecule has 27 heavy (non-hydrogen) atoms. The predicted octanol–water partition coefficient (Wildman–Crippen LogP) is 5.34. The van der Waals surface area contributed by atoms with Gasteiger partial charge in [0.2, 0.25) is 0 Å². The average molecular weight is 381 g/mol. The van der Waals surface area contributed by atoms with E-state index in [1.165, 1.54) is 16.9 Å². The molecule has 0 bridgehead atoms. The zero-order chi connectivity index (χ0) is 19.2. The first-order valence-electron chi connectivity index (χ1n) is 9.06. The summed E-state index contributed by atoms with van der Waals surface area (Å²) in [4.78, 5) is 16.9. The maximum absolute atomic E-state index is 12.5. The summed E-state index contributed by atoms with van der Waals surface area (Å²) in [6.45, 7) is 6.60. The second-order valence-electron chi connectivity index (χ2n) is 6.71. The van der Waals surface area contributed by atoms with Gasteiger partial charge in [-0.05, 0) is 30.0 Å². The maximum atomic E-state index is 12.5. The van der Waals surface area contributed by atoms with Gasteiger partial charge in [-0.25, -0.2) is 4.98 Å². The number of nitrogens with zero attached hydrogens (tertiary/aromatic N) is 1. The minimum Gasteiger partial charge on any atom is -0.486 e. The highest BCUT2D eigenvalue weighted by Gasteiger charge is 2.15. The van der Waals surface area contributed by atoms with Crippen LogP contribution in [0.3, 0.4) is 0 Å². The molecule has 0 spiro atoms. The molecule has 0 saturated carbocycles. The van der Waals surface area contributed by atoms with Gasteiger partial charge < -0.3 is 10.1 Å². The number of benzene rings is 2. The molecule has 1 amide bonds. The molecule has 1 heterocycles. The van der Waals surface area contributed by atoms with Crippen LogP contribution in [0.4, 0.5) is 0 Å². The van der Waals surface area contributed by atoms with Gasteiger partial charge in [0.05, 0.1) is 6.04 Å². The largest absolute Gasteiger partial charge is 0.486 e. The molecule has 0 aliphatic rings. The SMILES string of the molecule is CC(C)c1ccccc1OCc1nc(C(=O)NC(C)c2ccccc2)cs1. The summed E-state index contributed by atoms with van der Waals surface area (Å²) in [5, 5.41) is 5.55. The normalized spacial score (nSPS) is 12.0. The fourth-order valence-corrected chi connectivity index (χ4v) is 3.49. The van der Waals surface area contributed by atoms with E-state index < -0.39 is 0 Å². The third-order valence-electron chi connectivity index (χ3n) is 4.32. The molecule has 0 aliphatic heterocycles. The molecule has 3 rings (SSSR count). The summed E-state index contributed by atoms with van der Waals surface area (Å²) in [6, 6.07) is 17.8. The second-order valence-corrected chi connectivity index (χ2v) is 7.66. The van der Waals surface area contributed by atoms with Crippen LogP contribution in [0.25, 0.3) is 0 Å². The Morgan fingerprint density at radius 1 is 1.07 bits per heavy atom. The Kier molecular flexibility index (Phi) is 6.24. The molecule has 0 fully saturated rings. The number of hydrogen-bond donors (Lipinski definition) is 1. The van der Waals surface area contributed by atoms with Crippen LogP contribution in [0.1, 0.15) is 59.4 Å². The van der Waals surface area contributed by atoms with Gasteiger partial charge in [-0.2, -0.15) is 0 Å². The highest BCUT2D eigenvalue weighted by Crippen LogP contribution is 2.27. The number of hydrogen-bond acceptors (Lipinski definition) is 4. The minimum atomic E-state index is -0.170. The van der Waals surface area contributed by atoms with E-state index in [4.69, 9.17) is 4.74 Å². The zero-order valence-electron chi connectivity index (χ0n) is 15.8. The molecule has 140 valence electrons. The van der Waals surface area contributed by atoms with Gasteiger partial charge in [0, 0.05) is 5.38 Å². The number of nitrogens with one attached hydrogen (secondary N) is 1. The summed E-state index contributed by atoms with van der Waals surface area (Å²) >= 11 is 1.44. The lowest BCUT2D eigenvalue weighted by Gasteiger charge is -2.13. The van der Waals surface area contributed by atoms with Crippen molar-refractivity contribution in [2.75, 3.05) is 0 Å². The predicted molar refractivity (Wildman–Crippen MR) is 109 cm³/mol. The Hall–Kier alpha value is -2.66. The summed E-state index contributed by atoms with van der Waals surface area (Å²) in [5.41, 5.74) is 2.66. The molecule has 0 saturated heterocycles. The number of para-hydroxylation sites is 1. The smallest absolute Gasteiger partial charge is 0.271 e. The van der Waals surface area contributed by atoms with Crippen LogP contribution in [0, 0.1) is 0 Å². The molecular weight excluding hydrogens is 356 g/mol. The van der Waals surface area contributed by atoms with E-state index >= 15 is 0 Å². The highest BCUT2D eigenvalue weighted by molar-refractivity contribution is 7.09. The van der Waals surface area contributed by atoms with Gasteiger partial charge in [-0.15, -0.1) is 11.3 Å². The molecule has 0 aliphatic carbocycles. The topological polar surface area (TPSA) is 51.2 Å². The minimum absolute atomic E-state index is 0.0713. The van der Waals surface area contributed by atoms with Crippen LogP contribution in [0.15, 0.2) is 60.0 Å². The van der Waals surface area contributed by atoms with Crippen LogP contribution < -0.4 is 10.1 Å². The molecule has 1 atom stereocenters. The summed E-state index contributed by atoms with van der Waals surface area (Å²) in [5.74, 6) is 1.08. The summed E-state index contributed by atoms with van der Waals surface area (Å²) in [7, 11) is 0. The van der Waals surface area contributed by atoms with Gasteiger partial charge in [0.25, 0.3) is 5.91 Å². The summed E-state index contributed by atoms with van der Waals surface area (Å²) in [6.07, 6.45) is 0. The number of rotatable bonds is 7. The van der Waals surface area contributed by atoms with E-state index in [9.17, 15) is 4.79 Å². The third-order valence-corrected chi connectivity index (χ3v) is 5.15. The van der Waals surface area contributed by atoms with Gasteiger partial charge in [0.15, 0.2) is 0 Å². The van der Waals surface area contributed by atoms with Gasteiger partial charge in [-0.1, -0.05) is 62.4 Å². The Morgan fingerprint density at radius 2 is 1.78 bits per heavy atom. The second kappa shape index (κ2) is 8.82. The number of thiazole rings is 1. The number of ether oxygens (including phenoxy) is 1. The van der Waals surface area contributed by atoms with Crippen molar-refractivity contribution in [2.24, 2.45) is 0 Å². The first kappa shape index (κ1) is 19.1. The van der Waals surface area contributed by atoms with E-state index in [-0.39, 0.29) is 11.9 Å². The Bertz CT molecular complexity index is 890. The molecule has 5 heteroatoms. The maximum Gasteiger partial charge on any atom is 0.271 e. The standard InChI is InChI=1S/C22H24N2O2S/c1-15(2)18-11-7-8-12-20(18)26-13-21-24-19(14-27-21)22(25)23-16(3)17-9-5-4-6-10-17/h4-12,14-16H,13H2,1-3H3,(H,23,25). The molecule has 1 aromatic heterocycles. The van der Waals surface area contributed by atoms with Crippen LogP contribution in [-0.4, -0.2) is 10.9 Å². The first-order valence-corrected chi connectivity index (χ1v) is 9.94. The van der Waals surface area contributed by atoms with Gasteiger partial charge in [-0.3, -0.25) is 4.79 Å². The van der Waals surface area contributed by atoms with Gasteiger partial charge in [0.1, 0.15) is 23.1 Å². The van der Waals surface area contributed by atoms with Crippen LogP contribution >= 0.6 is 11.3 Å². The van der Waals surface area contributed by atoms with E-state index in [0.29, 0.717) is 18.2 Å². The lowest BCUT2D eigenvalue weighted by molar-refractivity contribution is 0.0935. The van der Waals surface area contributed by atoms with Crippen molar-refractivity contribution in [3.63, 3.8) is 0 Å². The fraction of sp³-hybridized carbons (Fsp3) is 0.273. The van der Waals surface area contributed by atoms with Crippen molar-refractivity contribution in [1.82, 2.24) is 10.3 Å². The lowest BCUT2D eigenvalue weighted by atomic mass is 10.0. The Labute approximate surface area is 164 Å². The van der Waals surface area contributed by atoms with E-state index in [2.05, 4.69) is 30.2 Å². The molecule has 1 N–H and O–H groups in total. The van der Waals surface area contributed by atoms with Crippen molar-refractivity contribution >= 4 is 17.2 Å². The van der Waals surface area contributed by atoms with Crippen molar-refractivity contribution in [3.8, 4) is 5.75 Å². The number of aromatic nitrogens is 1.